The first-order valence-corrected chi connectivity index (χ1v) is 10.0. The van der Waals surface area contributed by atoms with Crippen molar-refractivity contribution in [3.63, 3.8) is 0 Å². The second-order valence-corrected chi connectivity index (χ2v) is 7.52. The van der Waals surface area contributed by atoms with Crippen molar-refractivity contribution < 1.29 is 9.15 Å². The summed E-state index contributed by atoms with van der Waals surface area (Å²) < 4.78 is 13.5. The number of hydrogen-bond acceptors (Lipinski definition) is 7. The molecule has 1 unspecified atom stereocenters. The van der Waals surface area contributed by atoms with Gasteiger partial charge in [-0.3, -0.25) is 0 Å². The highest BCUT2D eigenvalue weighted by molar-refractivity contribution is 14.1. The molecule has 6 nitrogen and oxygen atoms in total. The molecule has 0 amide bonds. The minimum atomic E-state index is -0.515. The van der Waals surface area contributed by atoms with Gasteiger partial charge in [0.1, 0.15) is 0 Å². The lowest BCUT2D eigenvalue weighted by atomic mass is 10.1. The molecule has 122 valence electrons. The van der Waals surface area contributed by atoms with E-state index in [1.165, 1.54) is 11.8 Å². The number of thioether (sulfide) groups is 1. The first-order chi connectivity index (χ1) is 11.7. The van der Waals surface area contributed by atoms with Crippen LogP contribution in [0, 0.1) is 3.77 Å². The number of anilines is 1. The molecule has 0 radical (unpaired) electrons. The number of furan rings is 1. The van der Waals surface area contributed by atoms with Gasteiger partial charge in [0.15, 0.2) is 15.2 Å². The van der Waals surface area contributed by atoms with Crippen LogP contribution in [0.3, 0.4) is 0 Å². The Labute approximate surface area is 164 Å². The fraction of sp³-hybridized carbons (Fsp3) is 0.133. The second-order valence-electron chi connectivity index (χ2n) is 4.91. The fourth-order valence-electron chi connectivity index (χ4n) is 2.35. The molecule has 0 spiro atoms. The third kappa shape index (κ3) is 2.88. The summed E-state index contributed by atoms with van der Waals surface area (Å²) in [7, 11) is 0. The van der Waals surface area contributed by atoms with Crippen molar-refractivity contribution >= 4 is 56.0 Å². The molecule has 0 saturated heterocycles. The van der Waals surface area contributed by atoms with Gasteiger partial charge < -0.3 is 14.5 Å². The van der Waals surface area contributed by atoms with Gasteiger partial charge in [0.2, 0.25) is 17.3 Å². The van der Waals surface area contributed by atoms with Gasteiger partial charge in [-0.25, -0.2) is 0 Å². The van der Waals surface area contributed by atoms with Crippen molar-refractivity contribution in [2.75, 3.05) is 11.6 Å². The Morgan fingerprint density at radius 2 is 2.12 bits per heavy atom. The van der Waals surface area contributed by atoms with Gasteiger partial charge in [0, 0.05) is 39.9 Å². The van der Waals surface area contributed by atoms with Crippen LogP contribution in [0.25, 0.3) is 11.3 Å². The maximum atomic E-state index is 6.08. The molecule has 3 aromatic rings. The molecule has 0 fully saturated rings. The van der Waals surface area contributed by atoms with Gasteiger partial charge in [-0.05, 0) is 28.3 Å². The van der Waals surface area contributed by atoms with E-state index >= 15 is 0 Å². The Kier molecular flexibility index (Phi) is 4.39. The van der Waals surface area contributed by atoms with E-state index in [1.54, 1.807) is 0 Å². The number of nitrogens with zero attached hydrogens (tertiary/aromatic N) is 3. The average Bonchev–Trinajstić information content (AvgIpc) is 2.85. The Hall–Kier alpha value is -1.33. The molecule has 9 heteroatoms. The lowest BCUT2D eigenvalue weighted by molar-refractivity contribution is 0.193. The van der Waals surface area contributed by atoms with Crippen LogP contribution in [0.5, 0.6) is 5.88 Å². The average molecular weight is 517 g/mol. The highest BCUT2D eigenvalue weighted by Crippen LogP contribution is 2.40. The number of fused-ring (bicyclic) bond motifs is 3. The summed E-state index contributed by atoms with van der Waals surface area (Å²) >= 11 is 7.00. The number of nitrogens with one attached hydrogen (secondary N) is 1. The monoisotopic (exact) mass is 516 g/mol. The minimum Gasteiger partial charge on any atom is -0.448 e. The van der Waals surface area contributed by atoms with E-state index in [9.17, 15) is 0 Å². The van der Waals surface area contributed by atoms with Gasteiger partial charge in [-0.1, -0.05) is 30.0 Å². The van der Waals surface area contributed by atoms with E-state index in [4.69, 9.17) is 9.15 Å². The normalized spacial score (nSPS) is 15.7. The maximum Gasteiger partial charge on any atom is 0.247 e. The summed E-state index contributed by atoms with van der Waals surface area (Å²) in [6.45, 7) is 0. The van der Waals surface area contributed by atoms with Crippen molar-refractivity contribution in [1.29, 1.82) is 0 Å². The van der Waals surface area contributed by atoms with Crippen LogP contribution >= 0.6 is 50.3 Å². The van der Waals surface area contributed by atoms with Gasteiger partial charge in [0.25, 0.3) is 0 Å². The smallest absolute Gasteiger partial charge is 0.247 e. The van der Waals surface area contributed by atoms with Crippen LogP contribution < -0.4 is 10.1 Å². The third-order valence-corrected chi connectivity index (χ3v) is 6.11. The van der Waals surface area contributed by atoms with E-state index in [-0.39, 0.29) is 0 Å². The van der Waals surface area contributed by atoms with Crippen LogP contribution in [-0.2, 0) is 0 Å². The topological polar surface area (TPSA) is 73.1 Å². The number of rotatable bonds is 2. The number of ether oxygens (including phenoxy) is 1. The SMILES string of the molecule is CSc1nnc2c(n1)OC(c1cc(Br)c(I)o1)Nc1ccccc1-2. The molecular formula is C15H10BrIN4O2S. The molecule has 1 atom stereocenters. The van der Waals surface area contributed by atoms with Crippen LogP contribution in [0.4, 0.5) is 5.69 Å². The second kappa shape index (κ2) is 6.52. The maximum absolute atomic E-state index is 6.08. The van der Waals surface area contributed by atoms with E-state index in [0.29, 0.717) is 22.5 Å². The predicted molar refractivity (Wildman–Crippen MR) is 103 cm³/mol. The first-order valence-electron chi connectivity index (χ1n) is 6.91. The number of hydrogen-bond donors (Lipinski definition) is 1. The Morgan fingerprint density at radius 1 is 1.29 bits per heavy atom. The van der Waals surface area contributed by atoms with Crippen molar-refractivity contribution in [2.24, 2.45) is 0 Å². The standard InChI is InChI=1S/C15H10BrIN4O2S/c1-24-15-19-14-11(20-21-15)7-4-2-3-5-9(7)18-13(23-14)10-6-8(16)12(17)22-10/h2-6,13,18H,1H3. The molecule has 1 aromatic carbocycles. The van der Waals surface area contributed by atoms with Crippen molar-refractivity contribution in [3.8, 4) is 17.1 Å². The quantitative estimate of drug-likeness (QED) is 0.390. The number of aromatic nitrogens is 3. The molecule has 0 aliphatic carbocycles. The van der Waals surface area contributed by atoms with Gasteiger partial charge in [-0.2, -0.15) is 4.98 Å². The van der Waals surface area contributed by atoms with E-state index in [1.807, 2.05) is 36.6 Å². The zero-order chi connectivity index (χ0) is 16.7. The lowest BCUT2D eigenvalue weighted by Crippen LogP contribution is -2.16. The van der Waals surface area contributed by atoms with Crippen molar-refractivity contribution in [2.45, 2.75) is 11.4 Å². The molecule has 3 heterocycles. The van der Waals surface area contributed by atoms with Crippen LogP contribution in [-0.4, -0.2) is 21.4 Å². The highest BCUT2D eigenvalue weighted by atomic mass is 127. The fourth-order valence-corrected chi connectivity index (χ4v) is 3.37. The van der Waals surface area contributed by atoms with Crippen molar-refractivity contribution in [1.82, 2.24) is 15.2 Å². The summed E-state index contributed by atoms with van der Waals surface area (Å²) in [4.78, 5) is 4.47. The number of halogens is 2. The number of benzene rings is 1. The number of para-hydroxylation sites is 1. The molecule has 1 aliphatic rings. The summed E-state index contributed by atoms with van der Waals surface area (Å²) in [6, 6.07) is 9.71. The molecule has 0 saturated carbocycles. The first kappa shape index (κ1) is 16.2. The van der Waals surface area contributed by atoms with Crippen molar-refractivity contribution in [3.05, 3.63) is 44.3 Å². The Morgan fingerprint density at radius 3 is 2.88 bits per heavy atom. The summed E-state index contributed by atoms with van der Waals surface area (Å²) in [5.74, 6) is 1.08. The highest BCUT2D eigenvalue weighted by Gasteiger charge is 2.28. The largest absolute Gasteiger partial charge is 0.448 e. The molecule has 24 heavy (non-hydrogen) atoms. The van der Waals surface area contributed by atoms with Crippen LogP contribution in [0.15, 0.2) is 44.4 Å². The summed E-state index contributed by atoms with van der Waals surface area (Å²) in [6.07, 6.45) is 1.38. The third-order valence-electron chi connectivity index (χ3n) is 3.44. The molecular weight excluding hydrogens is 507 g/mol. The van der Waals surface area contributed by atoms with Gasteiger partial charge in [0.05, 0.1) is 4.47 Å². The zero-order valence-corrected chi connectivity index (χ0v) is 16.8. The van der Waals surface area contributed by atoms with E-state index in [2.05, 4.69) is 59.0 Å². The molecule has 2 aromatic heterocycles. The summed E-state index contributed by atoms with van der Waals surface area (Å²) in [5, 5.41) is 12.3. The predicted octanol–water partition coefficient (Wildman–Crippen LogP) is 4.72. The minimum absolute atomic E-state index is 0.430. The Balaban J connectivity index is 1.86. The van der Waals surface area contributed by atoms with E-state index in [0.717, 1.165) is 19.5 Å². The molecule has 1 N–H and O–H groups in total. The van der Waals surface area contributed by atoms with Gasteiger partial charge >= 0.3 is 0 Å². The Bertz CT molecular complexity index is 901. The zero-order valence-electron chi connectivity index (χ0n) is 12.3. The van der Waals surface area contributed by atoms with Gasteiger partial charge in [-0.15, -0.1) is 10.2 Å². The summed E-state index contributed by atoms with van der Waals surface area (Å²) in [5.41, 5.74) is 2.39. The molecule has 4 rings (SSSR count). The van der Waals surface area contributed by atoms with Crippen LogP contribution in [0.2, 0.25) is 0 Å². The molecule has 0 bridgehead atoms. The van der Waals surface area contributed by atoms with E-state index < -0.39 is 6.23 Å². The van der Waals surface area contributed by atoms with Crippen LogP contribution in [0.1, 0.15) is 12.0 Å². The lowest BCUT2D eigenvalue weighted by Gasteiger charge is -2.16. The molecule has 1 aliphatic heterocycles.